The fourth-order valence-corrected chi connectivity index (χ4v) is 5.94. The van der Waals surface area contributed by atoms with Gasteiger partial charge in [-0.25, -0.2) is 21.6 Å². The van der Waals surface area contributed by atoms with E-state index in [0.717, 1.165) is 37.1 Å². The zero-order chi connectivity index (χ0) is 24.9. The molecule has 1 aliphatic rings. The molecule has 0 spiro atoms. The van der Waals surface area contributed by atoms with Crippen LogP contribution in [0, 0.1) is 16.0 Å². The standard InChI is InChI=1S/C21H26N4O7S2/c1-16-11-14-24(15-12-16)34(31,32)20-6-2-17(3-7-20)23-21(26)10-13-22-33(29,30)19-8-4-18(5-9-19)25(27)28/h2-9,16,22H,10-15H2,1H3,(H,23,26). The van der Waals surface area contributed by atoms with Crippen molar-refractivity contribution < 1.29 is 26.6 Å². The number of sulfonamides is 2. The zero-order valence-electron chi connectivity index (χ0n) is 18.5. The molecule has 2 aromatic rings. The van der Waals surface area contributed by atoms with Gasteiger partial charge in [0.1, 0.15) is 0 Å². The van der Waals surface area contributed by atoms with Crippen molar-refractivity contribution in [3.63, 3.8) is 0 Å². The summed E-state index contributed by atoms with van der Waals surface area (Å²) in [5.41, 5.74) is 0.150. The molecule has 0 bridgehead atoms. The number of carbonyl (C=O) groups excluding carboxylic acids is 1. The molecule has 2 N–H and O–H groups in total. The number of nitro groups is 1. The smallest absolute Gasteiger partial charge is 0.269 e. The topological polar surface area (TPSA) is 156 Å². The molecule has 1 aliphatic heterocycles. The van der Waals surface area contributed by atoms with Crippen LogP contribution in [0.25, 0.3) is 0 Å². The van der Waals surface area contributed by atoms with Crippen molar-refractivity contribution in [2.45, 2.75) is 36.0 Å². The van der Waals surface area contributed by atoms with E-state index in [1.807, 2.05) is 0 Å². The molecule has 1 fully saturated rings. The highest BCUT2D eigenvalue weighted by Crippen LogP contribution is 2.24. The van der Waals surface area contributed by atoms with Gasteiger partial charge in [-0.2, -0.15) is 4.31 Å². The summed E-state index contributed by atoms with van der Waals surface area (Å²) in [4.78, 5) is 22.2. The van der Waals surface area contributed by atoms with E-state index in [2.05, 4.69) is 17.0 Å². The Balaban J connectivity index is 1.51. The summed E-state index contributed by atoms with van der Waals surface area (Å²) in [5, 5.41) is 13.3. The minimum absolute atomic E-state index is 0.149. The monoisotopic (exact) mass is 510 g/mol. The number of hydrogen-bond donors (Lipinski definition) is 2. The number of anilines is 1. The third-order valence-electron chi connectivity index (χ3n) is 5.52. The van der Waals surface area contributed by atoms with E-state index in [1.54, 1.807) is 0 Å². The molecule has 11 nitrogen and oxygen atoms in total. The normalized spacial score (nSPS) is 15.7. The number of carbonyl (C=O) groups is 1. The maximum Gasteiger partial charge on any atom is 0.269 e. The lowest BCUT2D eigenvalue weighted by Crippen LogP contribution is -2.37. The third-order valence-corrected chi connectivity index (χ3v) is 8.91. The summed E-state index contributed by atoms with van der Waals surface area (Å²) >= 11 is 0. The number of rotatable bonds is 9. The van der Waals surface area contributed by atoms with Crippen molar-refractivity contribution in [1.82, 2.24) is 9.03 Å². The van der Waals surface area contributed by atoms with E-state index in [-0.39, 0.29) is 28.4 Å². The Morgan fingerprint density at radius 3 is 2.12 bits per heavy atom. The van der Waals surface area contributed by atoms with Crippen LogP contribution in [0.2, 0.25) is 0 Å². The molecule has 0 saturated carbocycles. The molecule has 0 aromatic heterocycles. The van der Waals surface area contributed by atoms with Gasteiger partial charge in [-0.05, 0) is 55.2 Å². The summed E-state index contributed by atoms with van der Waals surface area (Å²) in [6.07, 6.45) is 1.47. The van der Waals surface area contributed by atoms with Crippen LogP contribution >= 0.6 is 0 Å². The molecule has 1 amide bonds. The first-order chi connectivity index (χ1) is 16.0. The maximum atomic E-state index is 12.8. The Morgan fingerprint density at radius 1 is 1.00 bits per heavy atom. The molecule has 34 heavy (non-hydrogen) atoms. The fraction of sp³-hybridized carbons (Fsp3) is 0.381. The lowest BCUT2D eigenvalue weighted by Gasteiger charge is -2.29. The Bertz CT molecular complexity index is 1240. The number of piperidine rings is 1. The molecule has 184 valence electrons. The first kappa shape index (κ1) is 25.7. The number of nitrogens with one attached hydrogen (secondary N) is 2. The van der Waals surface area contributed by atoms with Gasteiger partial charge in [-0.1, -0.05) is 6.92 Å². The largest absolute Gasteiger partial charge is 0.326 e. The number of hydrogen-bond acceptors (Lipinski definition) is 7. The maximum absolute atomic E-state index is 12.8. The van der Waals surface area contributed by atoms with Gasteiger partial charge < -0.3 is 5.32 Å². The molecule has 0 unspecified atom stereocenters. The average Bonchev–Trinajstić information content (AvgIpc) is 2.79. The Kier molecular flexibility index (Phi) is 8.02. The van der Waals surface area contributed by atoms with Crippen molar-refractivity contribution in [1.29, 1.82) is 0 Å². The second-order valence-corrected chi connectivity index (χ2v) is 11.8. The highest BCUT2D eigenvalue weighted by molar-refractivity contribution is 7.89. The van der Waals surface area contributed by atoms with Gasteiger partial charge in [0, 0.05) is 43.9 Å². The Hall–Kier alpha value is -2.87. The number of amides is 1. The van der Waals surface area contributed by atoms with Crippen molar-refractivity contribution in [3.8, 4) is 0 Å². The zero-order valence-corrected chi connectivity index (χ0v) is 20.1. The predicted molar refractivity (Wildman–Crippen MR) is 125 cm³/mol. The lowest BCUT2D eigenvalue weighted by molar-refractivity contribution is -0.384. The van der Waals surface area contributed by atoms with Crippen LogP contribution in [-0.4, -0.2) is 51.6 Å². The molecule has 0 aliphatic carbocycles. The predicted octanol–water partition coefficient (Wildman–Crippen LogP) is 2.32. The molecule has 13 heteroatoms. The van der Waals surface area contributed by atoms with Gasteiger partial charge >= 0.3 is 0 Å². The third kappa shape index (κ3) is 6.38. The SMILES string of the molecule is CC1CCN(S(=O)(=O)c2ccc(NC(=O)CCNS(=O)(=O)c3ccc([N+](=O)[O-])cc3)cc2)CC1. The van der Waals surface area contributed by atoms with E-state index in [1.165, 1.54) is 28.6 Å². The first-order valence-electron chi connectivity index (χ1n) is 10.6. The Labute approximate surface area is 198 Å². The van der Waals surface area contributed by atoms with Gasteiger partial charge in [0.15, 0.2) is 0 Å². The van der Waals surface area contributed by atoms with Crippen molar-refractivity contribution in [2.24, 2.45) is 5.92 Å². The highest BCUT2D eigenvalue weighted by Gasteiger charge is 2.28. The van der Waals surface area contributed by atoms with E-state index in [4.69, 9.17) is 0 Å². The van der Waals surface area contributed by atoms with Crippen LogP contribution in [0.5, 0.6) is 0 Å². The van der Waals surface area contributed by atoms with Crippen molar-refractivity contribution in [2.75, 3.05) is 25.0 Å². The van der Waals surface area contributed by atoms with Crippen molar-refractivity contribution in [3.05, 3.63) is 58.6 Å². The molecule has 3 rings (SSSR count). The minimum Gasteiger partial charge on any atom is -0.326 e. The number of nitro benzene ring substituents is 1. The molecule has 1 heterocycles. The average molecular weight is 511 g/mol. The number of non-ortho nitro benzene ring substituents is 1. The summed E-state index contributed by atoms with van der Waals surface area (Å²) in [5.74, 6) is 0.0367. The Morgan fingerprint density at radius 2 is 1.56 bits per heavy atom. The van der Waals surface area contributed by atoms with Crippen LogP contribution in [0.3, 0.4) is 0 Å². The summed E-state index contributed by atoms with van der Waals surface area (Å²) in [7, 11) is -7.52. The second kappa shape index (κ2) is 10.6. The molecular weight excluding hydrogens is 484 g/mol. The number of nitrogens with zero attached hydrogens (tertiary/aromatic N) is 2. The number of benzene rings is 2. The highest BCUT2D eigenvalue weighted by atomic mass is 32.2. The van der Waals surface area contributed by atoms with Gasteiger partial charge in [0.05, 0.1) is 14.7 Å². The van der Waals surface area contributed by atoms with Crippen LogP contribution in [-0.2, 0) is 24.8 Å². The molecule has 0 atom stereocenters. The summed E-state index contributed by atoms with van der Waals surface area (Å²) in [6.45, 7) is 2.88. The van der Waals surface area contributed by atoms with Crippen LogP contribution in [0.4, 0.5) is 11.4 Å². The molecule has 1 saturated heterocycles. The summed E-state index contributed by atoms with van der Waals surface area (Å²) < 4.78 is 53.8. The lowest BCUT2D eigenvalue weighted by atomic mass is 10.0. The van der Waals surface area contributed by atoms with Gasteiger partial charge in [0.2, 0.25) is 26.0 Å². The van der Waals surface area contributed by atoms with Crippen LogP contribution < -0.4 is 10.0 Å². The van der Waals surface area contributed by atoms with Crippen LogP contribution in [0.15, 0.2) is 58.3 Å². The van der Waals surface area contributed by atoms with Crippen LogP contribution in [0.1, 0.15) is 26.2 Å². The second-order valence-electron chi connectivity index (χ2n) is 8.06. The quantitative estimate of drug-likeness (QED) is 0.387. The van der Waals surface area contributed by atoms with Gasteiger partial charge in [-0.15, -0.1) is 0 Å². The summed E-state index contributed by atoms with van der Waals surface area (Å²) in [6, 6.07) is 10.2. The molecular formula is C21H26N4O7S2. The van der Waals surface area contributed by atoms with Crippen molar-refractivity contribution >= 4 is 37.3 Å². The van der Waals surface area contributed by atoms with E-state index >= 15 is 0 Å². The molecule has 2 aromatic carbocycles. The van der Waals surface area contributed by atoms with E-state index in [9.17, 15) is 31.7 Å². The van der Waals surface area contributed by atoms with Gasteiger partial charge in [-0.3, -0.25) is 14.9 Å². The van der Waals surface area contributed by atoms with E-state index < -0.39 is 30.9 Å². The van der Waals surface area contributed by atoms with E-state index in [0.29, 0.717) is 24.7 Å². The fourth-order valence-electron chi connectivity index (χ4n) is 3.44. The van der Waals surface area contributed by atoms with Gasteiger partial charge in [0.25, 0.3) is 5.69 Å². The molecule has 0 radical (unpaired) electrons. The minimum atomic E-state index is -3.93. The first-order valence-corrected chi connectivity index (χ1v) is 13.6.